The van der Waals surface area contributed by atoms with Gasteiger partial charge in [0.2, 0.25) is 0 Å². The third-order valence-corrected chi connectivity index (χ3v) is 2.41. The number of hydrogen-bond acceptors (Lipinski definition) is 5. The Kier molecular flexibility index (Phi) is 4.11. The number of pyridine rings is 1. The number of rotatable bonds is 5. The third kappa shape index (κ3) is 3.54. The van der Waals surface area contributed by atoms with Gasteiger partial charge in [0.1, 0.15) is 6.26 Å². The van der Waals surface area contributed by atoms with Crippen molar-refractivity contribution in [2.45, 2.75) is 13.5 Å². The molecule has 0 aliphatic carbocycles. The summed E-state index contributed by atoms with van der Waals surface area (Å²) in [5, 5.41) is 3.15. The molecule has 17 heavy (non-hydrogen) atoms. The minimum atomic E-state index is 0.220. The van der Waals surface area contributed by atoms with Crippen LogP contribution in [0, 0.1) is 0 Å². The smallest absolute Gasteiger partial charge is 0.399 e. The summed E-state index contributed by atoms with van der Waals surface area (Å²) in [6.45, 7) is 3.59. The molecule has 2 rings (SSSR count). The van der Waals surface area contributed by atoms with Crippen LogP contribution >= 0.6 is 15.9 Å². The van der Waals surface area contributed by atoms with Crippen LogP contribution in [0.1, 0.15) is 12.6 Å². The molecule has 0 aliphatic rings. The molecular formula is C11H12BrN3O2. The molecule has 90 valence electrons. The molecule has 0 saturated carbocycles. The quantitative estimate of drug-likeness (QED) is 0.919. The molecule has 0 unspecified atom stereocenters. The van der Waals surface area contributed by atoms with Gasteiger partial charge < -0.3 is 14.5 Å². The lowest BCUT2D eigenvalue weighted by Gasteiger charge is -1.99. The van der Waals surface area contributed by atoms with Crippen LogP contribution in [-0.4, -0.2) is 16.5 Å². The normalized spacial score (nSPS) is 10.5. The second-order valence-electron chi connectivity index (χ2n) is 3.33. The average Bonchev–Trinajstić information content (AvgIpc) is 2.74. The molecule has 0 fully saturated rings. The zero-order valence-electron chi connectivity index (χ0n) is 9.31. The van der Waals surface area contributed by atoms with Crippen LogP contribution in [-0.2, 0) is 6.54 Å². The van der Waals surface area contributed by atoms with E-state index in [4.69, 9.17) is 9.15 Å². The molecule has 0 amide bonds. The maximum Gasteiger partial charge on any atom is 0.399 e. The van der Waals surface area contributed by atoms with Crippen molar-refractivity contribution in [3.63, 3.8) is 0 Å². The van der Waals surface area contributed by atoms with Gasteiger partial charge in [0.05, 0.1) is 11.9 Å². The first-order valence-corrected chi connectivity index (χ1v) is 6.00. The monoisotopic (exact) mass is 297 g/mol. The highest BCUT2D eigenvalue weighted by Gasteiger charge is 2.06. The highest BCUT2D eigenvalue weighted by Crippen LogP contribution is 2.22. The van der Waals surface area contributed by atoms with Gasteiger partial charge in [0.25, 0.3) is 0 Å². The molecule has 6 heteroatoms. The Morgan fingerprint density at radius 3 is 3.12 bits per heavy atom. The summed E-state index contributed by atoms with van der Waals surface area (Å²) >= 11 is 3.31. The van der Waals surface area contributed by atoms with Crippen LogP contribution in [0.3, 0.4) is 0 Å². The van der Waals surface area contributed by atoms with Gasteiger partial charge in [0, 0.05) is 17.2 Å². The number of hydrogen-bond donors (Lipinski definition) is 1. The Morgan fingerprint density at radius 1 is 1.47 bits per heavy atom. The summed E-state index contributed by atoms with van der Waals surface area (Å²) in [6, 6.07) is 1.79. The van der Waals surface area contributed by atoms with Gasteiger partial charge in [-0.05, 0) is 28.5 Å². The zero-order valence-corrected chi connectivity index (χ0v) is 10.9. The summed E-state index contributed by atoms with van der Waals surface area (Å²) in [7, 11) is 0. The van der Waals surface area contributed by atoms with Gasteiger partial charge in [0.15, 0.2) is 5.75 Å². The summed E-state index contributed by atoms with van der Waals surface area (Å²) in [4.78, 5) is 8.16. The van der Waals surface area contributed by atoms with Gasteiger partial charge in [-0.3, -0.25) is 4.98 Å². The van der Waals surface area contributed by atoms with Gasteiger partial charge in [-0.1, -0.05) is 6.92 Å². The zero-order chi connectivity index (χ0) is 12.1. The molecule has 0 radical (unpaired) electrons. The first-order chi connectivity index (χ1) is 8.28. The SMILES string of the molecule is CCNCc1coc(Oc2cncc(Br)c2)n1. The summed E-state index contributed by atoms with van der Waals surface area (Å²) in [5.74, 6) is 0.580. The van der Waals surface area contributed by atoms with Gasteiger partial charge in [-0.15, -0.1) is 0 Å². The lowest BCUT2D eigenvalue weighted by Crippen LogP contribution is -2.11. The van der Waals surface area contributed by atoms with Crippen molar-refractivity contribution < 1.29 is 9.15 Å². The van der Waals surface area contributed by atoms with Crippen molar-refractivity contribution in [3.8, 4) is 11.8 Å². The van der Waals surface area contributed by atoms with Crippen molar-refractivity contribution in [2.75, 3.05) is 6.54 Å². The lowest BCUT2D eigenvalue weighted by atomic mass is 10.5. The number of aromatic nitrogens is 2. The minimum Gasteiger partial charge on any atom is -0.417 e. The van der Waals surface area contributed by atoms with Crippen molar-refractivity contribution in [1.29, 1.82) is 0 Å². The number of nitrogens with one attached hydrogen (secondary N) is 1. The molecule has 2 aromatic heterocycles. The predicted molar refractivity (Wildman–Crippen MR) is 65.9 cm³/mol. The fraction of sp³-hybridized carbons (Fsp3) is 0.273. The molecule has 2 heterocycles. The number of halogens is 1. The molecule has 0 saturated heterocycles. The summed E-state index contributed by atoms with van der Waals surface area (Å²) < 4.78 is 11.5. The van der Waals surface area contributed by atoms with Gasteiger partial charge in [-0.2, -0.15) is 4.98 Å². The molecule has 0 aromatic carbocycles. The Balaban J connectivity index is 2.01. The molecule has 2 aromatic rings. The maximum atomic E-state index is 5.42. The third-order valence-electron chi connectivity index (χ3n) is 1.97. The van der Waals surface area contributed by atoms with E-state index in [0.29, 0.717) is 12.3 Å². The fourth-order valence-corrected chi connectivity index (χ4v) is 1.56. The second-order valence-corrected chi connectivity index (χ2v) is 4.24. The Labute approximate surface area is 107 Å². The van der Waals surface area contributed by atoms with E-state index in [1.54, 1.807) is 24.7 Å². The standard InChI is InChI=1S/C11H12BrN3O2/c1-2-13-5-9-7-16-11(15-9)17-10-3-8(12)4-14-6-10/h3-4,6-7,13H,2,5H2,1H3. The first-order valence-electron chi connectivity index (χ1n) is 5.21. The largest absolute Gasteiger partial charge is 0.417 e. The van der Waals surface area contributed by atoms with Crippen LogP contribution in [0.15, 0.2) is 33.6 Å². The van der Waals surface area contributed by atoms with Gasteiger partial charge >= 0.3 is 6.08 Å². The maximum absolute atomic E-state index is 5.42. The average molecular weight is 298 g/mol. The number of oxazole rings is 1. The second kappa shape index (κ2) is 5.79. The van der Waals surface area contributed by atoms with E-state index in [1.807, 2.05) is 6.92 Å². The van der Waals surface area contributed by atoms with Crippen molar-refractivity contribution >= 4 is 15.9 Å². The molecule has 0 aliphatic heterocycles. The fourth-order valence-electron chi connectivity index (χ4n) is 1.22. The van der Waals surface area contributed by atoms with Crippen molar-refractivity contribution in [3.05, 3.63) is 34.9 Å². The van der Waals surface area contributed by atoms with Crippen LogP contribution in [0.5, 0.6) is 11.8 Å². The number of nitrogens with zero attached hydrogens (tertiary/aromatic N) is 2. The van der Waals surface area contributed by atoms with E-state index in [0.717, 1.165) is 16.7 Å². The van der Waals surface area contributed by atoms with Crippen LogP contribution < -0.4 is 10.1 Å². The lowest BCUT2D eigenvalue weighted by molar-refractivity contribution is 0.329. The van der Waals surface area contributed by atoms with Crippen LogP contribution in [0.2, 0.25) is 0 Å². The molecule has 5 nitrogen and oxygen atoms in total. The van der Waals surface area contributed by atoms with E-state index >= 15 is 0 Å². The van der Waals surface area contributed by atoms with E-state index in [-0.39, 0.29) is 6.08 Å². The van der Waals surface area contributed by atoms with Crippen LogP contribution in [0.25, 0.3) is 0 Å². The van der Waals surface area contributed by atoms with Crippen molar-refractivity contribution in [2.24, 2.45) is 0 Å². The van der Waals surface area contributed by atoms with E-state index in [1.165, 1.54) is 0 Å². The Morgan fingerprint density at radius 2 is 2.35 bits per heavy atom. The minimum absolute atomic E-state index is 0.220. The van der Waals surface area contributed by atoms with E-state index in [2.05, 4.69) is 31.2 Å². The molecule has 1 N–H and O–H groups in total. The first kappa shape index (κ1) is 12.1. The highest BCUT2D eigenvalue weighted by molar-refractivity contribution is 9.10. The Bertz CT molecular complexity index is 487. The van der Waals surface area contributed by atoms with Crippen molar-refractivity contribution in [1.82, 2.24) is 15.3 Å². The highest BCUT2D eigenvalue weighted by atomic mass is 79.9. The van der Waals surface area contributed by atoms with E-state index in [9.17, 15) is 0 Å². The number of ether oxygens (including phenoxy) is 1. The van der Waals surface area contributed by atoms with Gasteiger partial charge in [-0.25, -0.2) is 0 Å². The summed E-state index contributed by atoms with van der Waals surface area (Å²) in [6.07, 6.45) is 5.07. The molecule has 0 bridgehead atoms. The van der Waals surface area contributed by atoms with E-state index < -0.39 is 0 Å². The molecule has 0 atom stereocenters. The molecule has 0 spiro atoms. The Hall–Kier alpha value is -1.40. The summed E-state index contributed by atoms with van der Waals surface area (Å²) in [5.41, 5.74) is 0.810. The molecular weight excluding hydrogens is 286 g/mol. The predicted octanol–water partition coefficient (Wildman–Crippen LogP) is 2.73. The topological polar surface area (TPSA) is 60.2 Å². The van der Waals surface area contributed by atoms with Crippen LogP contribution in [0.4, 0.5) is 0 Å².